The minimum atomic E-state index is 0.668. The minimum Gasteiger partial charge on any atom is -0.393 e. The number of allylic oxidation sites excluding steroid dienone is 1. The van der Waals surface area contributed by atoms with Crippen molar-refractivity contribution in [3.05, 3.63) is 10.6 Å². The van der Waals surface area contributed by atoms with Crippen molar-refractivity contribution in [1.82, 2.24) is 0 Å². The van der Waals surface area contributed by atoms with Crippen molar-refractivity contribution in [2.24, 2.45) is 5.73 Å². The number of rotatable bonds is 4. The molecule has 0 radical (unpaired) electrons. The van der Waals surface area contributed by atoms with E-state index in [9.17, 15) is 0 Å². The maximum atomic E-state index is 8.65. The second-order valence-electron chi connectivity index (χ2n) is 2.26. The summed E-state index contributed by atoms with van der Waals surface area (Å²) >= 11 is 1.44. The standard InChI is InChI=1S/C8H14N2S/c1-3-4-5-7(6-9)8(10)11-2/h3-5,10H2,1-2H3/b8-7-. The van der Waals surface area contributed by atoms with E-state index < -0.39 is 0 Å². The summed E-state index contributed by atoms with van der Waals surface area (Å²) in [5, 5.41) is 9.32. The fourth-order valence-corrected chi connectivity index (χ4v) is 1.11. The number of thioether (sulfide) groups is 1. The molecule has 0 saturated carbocycles. The fraction of sp³-hybridized carbons (Fsp3) is 0.625. The fourth-order valence-electron chi connectivity index (χ4n) is 0.711. The first-order chi connectivity index (χ1) is 5.26. The molecule has 0 unspecified atom stereocenters. The highest BCUT2D eigenvalue weighted by atomic mass is 32.2. The van der Waals surface area contributed by atoms with Gasteiger partial charge in [-0.2, -0.15) is 5.26 Å². The van der Waals surface area contributed by atoms with Crippen molar-refractivity contribution >= 4 is 11.8 Å². The van der Waals surface area contributed by atoms with Crippen LogP contribution in [0.4, 0.5) is 0 Å². The molecule has 2 N–H and O–H groups in total. The highest BCUT2D eigenvalue weighted by molar-refractivity contribution is 8.02. The highest BCUT2D eigenvalue weighted by Gasteiger charge is 1.99. The molecule has 0 atom stereocenters. The smallest absolute Gasteiger partial charge is 0.0974 e. The molecule has 11 heavy (non-hydrogen) atoms. The summed E-state index contributed by atoms with van der Waals surface area (Å²) in [5.74, 6) is 0. The number of hydrogen-bond donors (Lipinski definition) is 1. The van der Waals surface area contributed by atoms with Crippen molar-refractivity contribution in [1.29, 1.82) is 5.26 Å². The van der Waals surface area contributed by atoms with Crippen LogP contribution in [0.1, 0.15) is 26.2 Å². The Bertz CT molecular complexity index is 179. The number of nitriles is 1. The summed E-state index contributed by atoms with van der Waals surface area (Å²) in [7, 11) is 0. The van der Waals surface area contributed by atoms with Crippen molar-refractivity contribution in [3.63, 3.8) is 0 Å². The van der Waals surface area contributed by atoms with Crippen molar-refractivity contribution in [3.8, 4) is 6.07 Å². The quantitative estimate of drug-likeness (QED) is 0.658. The third kappa shape index (κ3) is 3.94. The van der Waals surface area contributed by atoms with Crippen molar-refractivity contribution in [2.45, 2.75) is 26.2 Å². The van der Waals surface area contributed by atoms with Crippen LogP contribution in [0.5, 0.6) is 0 Å². The van der Waals surface area contributed by atoms with Gasteiger partial charge in [0, 0.05) is 0 Å². The van der Waals surface area contributed by atoms with Crippen molar-refractivity contribution in [2.75, 3.05) is 6.26 Å². The van der Waals surface area contributed by atoms with Crippen LogP contribution in [-0.4, -0.2) is 6.26 Å². The van der Waals surface area contributed by atoms with Crippen molar-refractivity contribution < 1.29 is 0 Å². The van der Waals surface area contributed by atoms with Gasteiger partial charge in [0.1, 0.15) is 0 Å². The number of unbranched alkanes of at least 4 members (excludes halogenated alkanes) is 1. The monoisotopic (exact) mass is 170 g/mol. The molecule has 0 rings (SSSR count). The summed E-state index contributed by atoms with van der Waals surface area (Å²) in [6.45, 7) is 2.10. The van der Waals surface area contributed by atoms with Crippen LogP contribution in [0.25, 0.3) is 0 Å². The van der Waals surface area contributed by atoms with Crippen LogP contribution >= 0.6 is 11.8 Å². The average molecular weight is 170 g/mol. The van der Waals surface area contributed by atoms with Gasteiger partial charge in [-0.1, -0.05) is 13.3 Å². The Morgan fingerprint density at radius 1 is 1.64 bits per heavy atom. The summed E-state index contributed by atoms with van der Waals surface area (Å²) in [4.78, 5) is 0. The van der Waals surface area contributed by atoms with Gasteiger partial charge < -0.3 is 5.73 Å². The second-order valence-corrected chi connectivity index (χ2v) is 3.11. The van der Waals surface area contributed by atoms with Crippen LogP contribution in [-0.2, 0) is 0 Å². The molecular weight excluding hydrogens is 156 g/mol. The van der Waals surface area contributed by atoms with Gasteiger partial charge in [-0.05, 0) is 19.1 Å². The predicted molar refractivity (Wildman–Crippen MR) is 49.9 cm³/mol. The lowest BCUT2D eigenvalue weighted by Gasteiger charge is -2.00. The summed E-state index contributed by atoms with van der Waals surface area (Å²) in [6.07, 6.45) is 4.86. The average Bonchev–Trinajstić information content (AvgIpc) is 2.05. The molecule has 0 saturated heterocycles. The molecule has 0 heterocycles. The molecule has 0 aliphatic rings. The largest absolute Gasteiger partial charge is 0.393 e. The van der Waals surface area contributed by atoms with E-state index in [0.29, 0.717) is 5.03 Å². The lowest BCUT2D eigenvalue weighted by Crippen LogP contribution is -1.96. The van der Waals surface area contributed by atoms with Gasteiger partial charge >= 0.3 is 0 Å². The van der Waals surface area contributed by atoms with Crippen LogP contribution in [0.2, 0.25) is 0 Å². The topological polar surface area (TPSA) is 49.8 Å². The van der Waals surface area contributed by atoms with Crippen LogP contribution in [0, 0.1) is 11.3 Å². The van der Waals surface area contributed by atoms with E-state index in [2.05, 4.69) is 13.0 Å². The van der Waals surface area contributed by atoms with E-state index >= 15 is 0 Å². The zero-order chi connectivity index (χ0) is 8.69. The van der Waals surface area contributed by atoms with Crippen LogP contribution < -0.4 is 5.73 Å². The van der Waals surface area contributed by atoms with E-state index in [0.717, 1.165) is 24.8 Å². The Hall–Kier alpha value is -0.620. The summed E-state index contributed by atoms with van der Waals surface area (Å²) in [6, 6.07) is 2.12. The van der Waals surface area contributed by atoms with Gasteiger partial charge in [0.15, 0.2) is 0 Å². The summed E-state index contributed by atoms with van der Waals surface area (Å²) < 4.78 is 0. The summed E-state index contributed by atoms with van der Waals surface area (Å²) in [5.41, 5.74) is 6.32. The Kier molecular flexibility index (Phi) is 5.77. The molecule has 0 aromatic heterocycles. The van der Waals surface area contributed by atoms with E-state index in [1.165, 1.54) is 11.8 Å². The Morgan fingerprint density at radius 2 is 2.27 bits per heavy atom. The molecular formula is C8H14N2S. The molecule has 3 heteroatoms. The molecule has 0 bridgehead atoms. The normalized spacial score (nSPS) is 12.1. The van der Waals surface area contributed by atoms with Gasteiger partial charge in [-0.3, -0.25) is 0 Å². The maximum absolute atomic E-state index is 8.65. The zero-order valence-electron chi connectivity index (χ0n) is 7.05. The van der Waals surface area contributed by atoms with Gasteiger partial charge in [-0.25, -0.2) is 0 Å². The lowest BCUT2D eigenvalue weighted by atomic mass is 10.1. The first-order valence-electron chi connectivity index (χ1n) is 3.69. The van der Waals surface area contributed by atoms with Gasteiger partial charge in [-0.15, -0.1) is 11.8 Å². The first-order valence-corrected chi connectivity index (χ1v) is 4.91. The third-order valence-electron chi connectivity index (χ3n) is 1.43. The molecule has 0 aliphatic heterocycles. The number of nitrogens with two attached hydrogens (primary N) is 1. The highest BCUT2D eigenvalue weighted by Crippen LogP contribution is 2.15. The van der Waals surface area contributed by atoms with E-state index in [1.54, 1.807) is 0 Å². The third-order valence-corrected chi connectivity index (χ3v) is 2.12. The van der Waals surface area contributed by atoms with Gasteiger partial charge in [0.25, 0.3) is 0 Å². The molecule has 0 amide bonds. The van der Waals surface area contributed by atoms with Crippen LogP contribution in [0.3, 0.4) is 0 Å². The SMILES string of the molecule is CCCC/C(C#N)=C(\N)SC. The van der Waals surface area contributed by atoms with E-state index in [4.69, 9.17) is 11.0 Å². The Balaban J connectivity index is 4.07. The number of nitrogens with zero attached hydrogens (tertiary/aromatic N) is 1. The van der Waals surface area contributed by atoms with Gasteiger partial charge in [0.2, 0.25) is 0 Å². The lowest BCUT2D eigenvalue weighted by molar-refractivity contribution is 0.797. The first kappa shape index (κ1) is 10.4. The molecule has 2 nitrogen and oxygen atoms in total. The Labute approximate surface area is 72.5 Å². The Morgan fingerprint density at radius 3 is 2.64 bits per heavy atom. The zero-order valence-corrected chi connectivity index (χ0v) is 7.87. The predicted octanol–water partition coefficient (Wildman–Crippen LogP) is 2.23. The molecule has 0 aliphatic carbocycles. The number of hydrogen-bond acceptors (Lipinski definition) is 3. The molecule has 0 aromatic carbocycles. The molecule has 0 aromatic rings. The van der Waals surface area contributed by atoms with E-state index in [1.807, 2.05) is 6.26 Å². The maximum Gasteiger partial charge on any atom is 0.0974 e. The molecule has 62 valence electrons. The molecule has 0 fully saturated rings. The minimum absolute atomic E-state index is 0.668. The van der Waals surface area contributed by atoms with E-state index in [-0.39, 0.29) is 0 Å². The second kappa shape index (κ2) is 6.11. The van der Waals surface area contributed by atoms with Crippen LogP contribution in [0.15, 0.2) is 10.6 Å². The van der Waals surface area contributed by atoms with Gasteiger partial charge in [0.05, 0.1) is 16.7 Å². The molecule has 0 spiro atoms.